The lowest BCUT2D eigenvalue weighted by molar-refractivity contribution is -0.436. The third kappa shape index (κ3) is 1.93. The molecule has 3 heterocycles. The molecule has 2 spiro atoms. The summed E-state index contributed by atoms with van der Waals surface area (Å²) in [7, 11) is 2.78. The number of carbonyl (C=O) groups excluding carboxylic acids is 2. The first-order chi connectivity index (χ1) is 14.0. The molecule has 168 valence electrons. The highest BCUT2D eigenvalue weighted by Gasteiger charge is 2.90. The van der Waals surface area contributed by atoms with Gasteiger partial charge in [0, 0.05) is 18.4 Å². The summed E-state index contributed by atoms with van der Waals surface area (Å²) in [5, 5.41) is 35.6. The number of fused-ring (bicyclic) bond motifs is 1. The third-order valence-corrected chi connectivity index (χ3v) is 9.21. The number of hydrogen-bond acceptors (Lipinski definition) is 8. The summed E-state index contributed by atoms with van der Waals surface area (Å²) < 4.78 is 11.7. The number of amides is 1. The number of esters is 1. The minimum absolute atomic E-state index is 0.0988. The molecule has 6 fully saturated rings. The standard InChI is InChI=1S/C21H31NO8/c1-18(2)8-7-12(23)19-9-29-21(27)15(13(18)19)30-17(26)20(21)11(19)6-5-10(14(20)24)16(25)22(3)28-4/h10-15,23-24,27H,5-9H2,1-4H3/t10-,11?,12+,13?,14-,15+,19-,20-,21+/m1/s1. The van der Waals surface area contributed by atoms with Gasteiger partial charge in [0.1, 0.15) is 0 Å². The molecule has 3 saturated heterocycles. The van der Waals surface area contributed by atoms with Crippen LogP contribution in [0.4, 0.5) is 0 Å². The van der Waals surface area contributed by atoms with Gasteiger partial charge >= 0.3 is 5.97 Å². The number of aliphatic hydroxyl groups excluding tert-OH is 2. The van der Waals surface area contributed by atoms with E-state index in [4.69, 9.17) is 14.3 Å². The van der Waals surface area contributed by atoms with E-state index in [-0.39, 0.29) is 17.9 Å². The summed E-state index contributed by atoms with van der Waals surface area (Å²) in [4.78, 5) is 31.3. The zero-order chi connectivity index (χ0) is 21.9. The smallest absolute Gasteiger partial charge is 0.321 e. The first-order valence-corrected chi connectivity index (χ1v) is 10.8. The Morgan fingerprint density at radius 1 is 1.23 bits per heavy atom. The molecule has 1 amide bonds. The Hall–Kier alpha value is -1.26. The topological polar surface area (TPSA) is 126 Å². The molecule has 2 unspecified atom stereocenters. The number of hydroxylamine groups is 2. The van der Waals surface area contributed by atoms with Gasteiger partial charge in [0.15, 0.2) is 11.5 Å². The van der Waals surface area contributed by atoms with Gasteiger partial charge in [-0.3, -0.25) is 14.4 Å². The van der Waals surface area contributed by atoms with E-state index in [9.17, 15) is 24.9 Å². The molecule has 3 saturated carbocycles. The minimum atomic E-state index is -2.04. The van der Waals surface area contributed by atoms with Crippen molar-refractivity contribution in [3.63, 3.8) is 0 Å². The van der Waals surface area contributed by atoms with Crippen LogP contribution in [0.15, 0.2) is 0 Å². The van der Waals surface area contributed by atoms with Crippen LogP contribution in [0, 0.1) is 34.0 Å². The molecule has 0 radical (unpaired) electrons. The van der Waals surface area contributed by atoms with E-state index in [1.807, 2.05) is 0 Å². The van der Waals surface area contributed by atoms with Crippen LogP contribution in [-0.2, 0) is 23.9 Å². The fourth-order valence-corrected chi connectivity index (χ4v) is 7.95. The van der Waals surface area contributed by atoms with Crippen molar-refractivity contribution in [2.45, 2.75) is 63.6 Å². The molecule has 6 rings (SSSR count). The Balaban J connectivity index is 1.69. The van der Waals surface area contributed by atoms with Crippen molar-refractivity contribution in [2.24, 2.45) is 34.0 Å². The van der Waals surface area contributed by atoms with Gasteiger partial charge in [0.25, 0.3) is 5.91 Å². The third-order valence-electron chi connectivity index (χ3n) is 9.21. The van der Waals surface area contributed by atoms with Crippen molar-refractivity contribution in [1.29, 1.82) is 0 Å². The molecular formula is C21H31NO8. The summed E-state index contributed by atoms with van der Waals surface area (Å²) in [6.07, 6.45) is -1.28. The molecule has 0 aromatic heterocycles. The van der Waals surface area contributed by atoms with Crippen LogP contribution in [0.5, 0.6) is 0 Å². The van der Waals surface area contributed by atoms with Crippen molar-refractivity contribution >= 4 is 11.9 Å². The number of nitrogens with zero attached hydrogens (tertiary/aromatic N) is 1. The number of ether oxygens (including phenoxy) is 2. The Morgan fingerprint density at radius 2 is 1.93 bits per heavy atom. The van der Waals surface area contributed by atoms with Crippen LogP contribution < -0.4 is 0 Å². The van der Waals surface area contributed by atoms with Crippen LogP contribution in [0.3, 0.4) is 0 Å². The average molecular weight is 425 g/mol. The van der Waals surface area contributed by atoms with E-state index < -0.39 is 58.6 Å². The molecule has 30 heavy (non-hydrogen) atoms. The number of hydrogen-bond donors (Lipinski definition) is 3. The van der Waals surface area contributed by atoms with E-state index in [0.29, 0.717) is 19.3 Å². The minimum Gasteiger partial charge on any atom is -0.456 e. The van der Waals surface area contributed by atoms with E-state index in [0.717, 1.165) is 11.5 Å². The first-order valence-electron chi connectivity index (χ1n) is 10.8. The maximum absolute atomic E-state index is 13.4. The zero-order valence-electron chi connectivity index (χ0n) is 17.8. The second-order valence-corrected chi connectivity index (χ2v) is 10.5. The molecule has 0 aromatic carbocycles. The summed E-state index contributed by atoms with van der Waals surface area (Å²) >= 11 is 0. The monoisotopic (exact) mass is 425 g/mol. The Bertz CT molecular complexity index is 802. The van der Waals surface area contributed by atoms with Crippen molar-refractivity contribution in [2.75, 3.05) is 20.8 Å². The summed E-state index contributed by atoms with van der Waals surface area (Å²) in [5.41, 5.74) is -2.94. The fourth-order valence-electron chi connectivity index (χ4n) is 7.95. The predicted octanol–water partition coefficient (Wildman–Crippen LogP) is -0.179. The van der Waals surface area contributed by atoms with Crippen LogP contribution in [0.1, 0.15) is 39.5 Å². The maximum atomic E-state index is 13.4. The molecule has 3 aliphatic carbocycles. The number of aliphatic hydroxyl groups is 3. The predicted molar refractivity (Wildman–Crippen MR) is 100 cm³/mol. The van der Waals surface area contributed by atoms with E-state index >= 15 is 0 Å². The van der Waals surface area contributed by atoms with Crippen molar-refractivity contribution < 1.29 is 39.2 Å². The lowest BCUT2D eigenvalue weighted by atomic mass is 9.35. The normalized spacial score (nSPS) is 53.0. The molecular weight excluding hydrogens is 394 g/mol. The SMILES string of the molecule is CON(C)C(=O)[C@@H]1CCC2[C@@]34CO[C@@]5(O)[C@@H](OC(=O)[C@]25[C@@H]1O)C3C(C)(C)CC[C@@H]4O. The maximum Gasteiger partial charge on any atom is 0.321 e. The quantitative estimate of drug-likeness (QED) is 0.411. The Morgan fingerprint density at radius 3 is 2.60 bits per heavy atom. The zero-order valence-corrected chi connectivity index (χ0v) is 17.8. The first kappa shape index (κ1) is 20.6. The van der Waals surface area contributed by atoms with Gasteiger partial charge < -0.3 is 24.8 Å². The molecule has 6 aliphatic rings. The van der Waals surface area contributed by atoms with Gasteiger partial charge in [0.2, 0.25) is 5.79 Å². The van der Waals surface area contributed by atoms with Crippen LogP contribution in [0.25, 0.3) is 0 Å². The van der Waals surface area contributed by atoms with Gasteiger partial charge in [-0.2, -0.15) is 0 Å². The van der Waals surface area contributed by atoms with Gasteiger partial charge in [-0.05, 0) is 37.0 Å². The van der Waals surface area contributed by atoms with Crippen LogP contribution in [0.2, 0.25) is 0 Å². The lowest BCUT2D eigenvalue weighted by Gasteiger charge is -2.72. The van der Waals surface area contributed by atoms with E-state index in [1.54, 1.807) is 0 Å². The van der Waals surface area contributed by atoms with Crippen molar-refractivity contribution in [3.8, 4) is 0 Å². The second kappa shape index (κ2) is 5.95. The van der Waals surface area contributed by atoms with Gasteiger partial charge in [0.05, 0.1) is 31.8 Å². The van der Waals surface area contributed by atoms with E-state index in [2.05, 4.69) is 13.8 Å². The molecule has 3 aliphatic heterocycles. The van der Waals surface area contributed by atoms with Gasteiger partial charge in [-0.1, -0.05) is 13.8 Å². The van der Waals surface area contributed by atoms with Crippen molar-refractivity contribution in [1.82, 2.24) is 5.06 Å². The molecule has 9 nitrogen and oxygen atoms in total. The lowest BCUT2D eigenvalue weighted by Crippen LogP contribution is -2.83. The molecule has 9 atom stereocenters. The summed E-state index contributed by atoms with van der Waals surface area (Å²) in [5.74, 6) is -5.06. The Kier molecular flexibility index (Phi) is 4.09. The molecule has 0 aromatic rings. The summed E-state index contributed by atoms with van der Waals surface area (Å²) in [6.45, 7) is 4.24. The number of rotatable bonds is 2. The second-order valence-electron chi connectivity index (χ2n) is 10.5. The highest BCUT2D eigenvalue weighted by atomic mass is 16.7. The summed E-state index contributed by atoms with van der Waals surface area (Å²) in [6, 6.07) is 0. The van der Waals surface area contributed by atoms with Gasteiger partial charge in [-0.15, -0.1) is 0 Å². The van der Waals surface area contributed by atoms with Crippen LogP contribution >= 0.6 is 0 Å². The van der Waals surface area contributed by atoms with Crippen LogP contribution in [-0.4, -0.2) is 77.1 Å². The van der Waals surface area contributed by atoms with Crippen molar-refractivity contribution in [3.05, 3.63) is 0 Å². The molecule has 9 heteroatoms. The molecule has 3 N–H and O–H groups in total. The van der Waals surface area contributed by atoms with Gasteiger partial charge in [-0.25, -0.2) is 5.06 Å². The molecule has 4 bridgehead atoms. The fraction of sp³-hybridized carbons (Fsp3) is 0.905. The highest BCUT2D eigenvalue weighted by Crippen LogP contribution is 2.76. The highest BCUT2D eigenvalue weighted by molar-refractivity contribution is 5.87. The number of carbonyl (C=O) groups is 2. The Labute approximate surface area is 175 Å². The largest absolute Gasteiger partial charge is 0.456 e. The average Bonchev–Trinajstić information content (AvgIpc) is 2.87. The van der Waals surface area contributed by atoms with E-state index in [1.165, 1.54) is 14.2 Å².